The van der Waals surface area contributed by atoms with Gasteiger partial charge in [-0.1, -0.05) is 50.5 Å². The van der Waals surface area contributed by atoms with Crippen LogP contribution in [0.2, 0.25) is 0 Å². The van der Waals surface area contributed by atoms with Crippen molar-refractivity contribution in [2.75, 3.05) is 0 Å². The van der Waals surface area contributed by atoms with Crippen molar-refractivity contribution in [2.24, 2.45) is 5.92 Å². The van der Waals surface area contributed by atoms with Crippen LogP contribution in [0.3, 0.4) is 0 Å². The molecule has 0 bridgehead atoms. The van der Waals surface area contributed by atoms with Gasteiger partial charge >= 0.3 is 11.9 Å². The van der Waals surface area contributed by atoms with Crippen LogP contribution in [0, 0.1) is 5.92 Å². The summed E-state index contributed by atoms with van der Waals surface area (Å²) in [4.78, 5) is 21.4. The van der Waals surface area contributed by atoms with Gasteiger partial charge in [-0.15, -0.1) is 0 Å². The van der Waals surface area contributed by atoms with Crippen LogP contribution >= 0.6 is 0 Å². The highest BCUT2D eigenvalue weighted by Crippen LogP contribution is 2.12. The van der Waals surface area contributed by atoms with Gasteiger partial charge in [0.1, 0.15) is 0 Å². The molecule has 0 rings (SSSR count). The average molecular weight is 310 g/mol. The first-order valence-corrected chi connectivity index (χ1v) is 8.32. The largest absolute Gasteiger partial charge is 0.481 e. The SMILES string of the molecule is CC/C=C/CCCCCCC/C=C/CC(CC(=O)O)C(=O)O. The Morgan fingerprint density at radius 2 is 1.41 bits per heavy atom. The van der Waals surface area contributed by atoms with Gasteiger partial charge in [-0.25, -0.2) is 0 Å². The van der Waals surface area contributed by atoms with Gasteiger partial charge in [0, 0.05) is 0 Å². The molecule has 0 heterocycles. The summed E-state index contributed by atoms with van der Waals surface area (Å²) in [6.07, 6.45) is 17.5. The molecule has 0 aliphatic carbocycles. The summed E-state index contributed by atoms with van der Waals surface area (Å²) < 4.78 is 0. The normalized spacial score (nSPS) is 13.0. The van der Waals surface area contributed by atoms with Crippen LogP contribution in [0.5, 0.6) is 0 Å². The van der Waals surface area contributed by atoms with E-state index in [1.165, 1.54) is 32.1 Å². The molecule has 4 nitrogen and oxygen atoms in total. The van der Waals surface area contributed by atoms with Crippen molar-refractivity contribution in [1.29, 1.82) is 0 Å². The maximum Gasteiger partial charge on any atom is 0.307 e. The third kappa shape index (κ3) is 13.4. The van der Waals surface area contributed by atoms with E-state index in [1.807, 2.05) is 6.08 Å². The topological polar surface area (TPSA) is 74.6 Å². The Labute approximate surface area is 133 Å². The first kappa shape index (κ1) is 20.4. The van der Waals surface area contributed by atoms with Crippen LogP contribution in [0.4, 0.5) is 0 Å². The summed E-state index contributed by atoms with van der Waals surface area (Å²) in [7, 11) is 0. The number of carbonyl (C=O) groups is 2. The molecule has 0 spiro atoms. The smallest absolute Gasteiger partial charge is 0.307 e. The molecule has 2 N–H and O–H groups in total. The third-order valence-corrected chi connectivity index (χ3v) is 3.50. The van der Waals surface area contributed by atoms with E-state index >= 15 is 0 Å². The predicted octanol–water partition coefficient (Wildman–Crippen LogP) is 4.81. The van der Waals surface area contributed by atoms with Crippen LogP contribution in [-0.4, -0.2) is 22.2 Å². The zero-order valence-corrected chi connectivity index (χ0v) is 13.7. The number of hydrogen-bond acceptors (Lipinski definition) is 2. The summed E-state index contributed by atoms with van der Waals surface area (Å²) in [6, 6.07) is 0. The molecule has 0 saturated carbocycles. The molecule has 0 aromatic heterocycles. The fourth-order valence-corrected chi connectivity index (χ4v) is 2.20. The second-order valence-corrected chi connectivity index (χ2v) is 5.56. The zero-order chi connectivity index (χ0) is 16.6. The first-order chi connectivity index (χ1) is 10.6. The minimum atomic E-state index is -1.06. The number of carboxylic acid groups (broad SMARTS) is 2. The van der Waals surface area contributed by atoms with E-state index in [2.05, 4.69) is 19.1 Å². The molecule has 4 heteroatoms. The average Bonchev–Trinajstić information content (AvgIpc) is 2.46. The fraction of sp³-hybridized carbons (Fsp3) is 0.667. The van der Waals surface area contributed by atoms with Gasteiger partial charge in [-0.05, 0) is 38.5 Å². The molecule has 1 unspecified atom stereocenters. The summed E-state index contributed by atoms with van der Waals surface area (Å²) in [6.45, 7) is 2.14. The van der Waals surface area contributed by atoms with Crippen molar-refractivity contribution in [2.45, 2.75) is 71.1 Å². The van der Waals surface area contributed by atoms with Crippen LogP contribution in [-0.2, 0) is 9.59 Å². The molecule has 126 valence electrons. The molecule has 0 saturated heterocycles. The molecule has 0 fully saturated rings. The molecule has 22 heavy (non-hydrogen) atoms. The lowest BCUT2D eigenvalue weighted by Gasteiger charge is -2.05. The van der Waals surface area contributed by atoms with Crippen molar-refractivity contribution < 1.29 is 19.8 Å². The van der Waals surface area contributed by atoms with Gasteiger partial charge in [0.15, 0.2) is 0 Å². The van der Waals surface area contributed by atoms with E-state index in [0.717, 1.165) is 19.3 Å². The minimum absolute atomic E-state index is 0.297. The van der Waals surface area contributed by atoms with Gasteiger partial charge in [0.05, 0.1) is 12.3 Å². The lowest BCUT2D eigenvalue weighted by molar-refractivity contribution is -0.148. The van der Waals surface area contributed by atoms with Gasteiger partial charge < -0.3 is 10.2 Å². The van der Waals surface area contributed by atoms with E-state index in [-0.39, 0.29) is 6.42 Å². The predicted molar refractivity (Wildman–Crippen MR) is 88.9 cm³/mol. The molecule has 0 aromatic carbocycles. The van der Waals surface area contributed by atoms with Crippen molar-refractivity contribution in [3.8, 4) is 0 Å². The molecule has 0 radical (unpaired) electrons. The van der Waals surface area contributed by atoms with Crippen molar-refractivity contribution >= 4 is 11.9 Å². The highest BCUT2D eigenvalue weighted by Gasteiger charge is 2.18. The van der Waals surface area contributed by atoms with Crippen LogP contribution in [0.25, 0.3) is 0 Å². The lowest BCUT2D eigenvalue weighted by Crippen LogP contribution is -2.16. The Kier molecular flexibility index (Phi) is 13.3. The molecular formula is C18H30O4. The maximum absolute atomic E-state index is 10.9. The van der Waals surface area contributed by atoms with E-state index in [4.69, 9.17) is 10.2 Å². The van der Waals surface area contributed by atoms with E-state index in [1.54, 1.807) is 6.08 Å². The number of aliphatic carboxylic acids is 2. The van der Waals surface area contributed by atoms with Gasteiger partial charge in [0.25, 0.3) is 0 Å². The van der Waals surface area contributed by atoms with Crippen molar-refractivity contribution in [3.63, 3.8) is 0 Å². The van der Waals surface area contributed by atoms with E-state index in [9.17, 15) is 9.59 Å². The second-order valence-electron chi connectivity index (χ2n) is 5.56. The molecule has 0 aliphatic heterocycles. The summed E-state index contributed by atoms with van der Waals surface area (Å²) in [5.41, 5.74) is 0. The van der Waals surface area contributed by atoms with Gasteiger partial charge in [-0.3, -0.25) is 9.59 Å². The van der Waals surface area contributed by atoms with Gasteiger partial charge in [-0.2, -0.15) is 0 Å². The Bertz CT molecular complexity index is 358. The number of carboxylic acids is 2. The van der Waals surface area contributed by atoms with E-state index in [0.29, 0.717) is 6.42 Å². The highest BCUT2D eigenvalue weighted by molar-refractivity contribution is 5.77. The Morgan fingerprint density at radius 3 is 1.91 bits per heavy atom. The monoisotopic (exact) mass is 310 g/mol. The minimum Gasteiger partial charge on any atom is -0.481 e. The fourth-order valence-electron chi connectivity index (χ4n) is 2.20. The van der Waals surface area contributed by atoms with Crippen LogP contribution in [0.1, 0.15) is 71.1 Å². The maximum atomic E-state index is 10.9. The quantitative estimate of drug-likeness (QED) is 0.357. The van der Waals surface area contributed by atoms with E-state index < -0.39 is 17.9 Å². The van der Waals surface area contributed by atoms with Gasteiger partial charge in [0.2, 0.25) is 0 Å². The van der Waals surface area contributed by atoms with Crippen LogP contribution in [0.15, 0.2) is 24.3 Å². The molecule has 0 aromatic rings. The van der Waals surface area contributed by atoms with Crippen LogP contribution < -0.4 is 0 Å². The molecule has 0 aliphatic rings. The second kappa shape index (κ2) is 14.4. The third-order valence-electron chi connectivity index (χ3n) is 3.50. The zero-order valence-electron chi connectivity index (χ0n) is 13.7. The Hall–Kier alpha value is -1.58. The lowest BCUT2D eigenvalue weighted by atomic mass is 10.0. The summed E-state index contributed by atoms with van der Waals surface area (Å²) >= 11 is 0. The van der Waals surface area contributed by atoms with Crippen molar-refractivity contribution in [1.82, 2.24) is 0 Å². The molecular weight excluding hydrogens is 280 g/mol. The Morgan fingerprint density at radius 1 is 0.864 bits per heavy atom. The highest BCUT2D eigenvalue weighted by atomic mass is 16.4. The molecule has 1 atom stereocenters. The number of hydrogen-bond donors (Lipinski definition) is 2. The number of rotatable bonds is 14. The summed E-state index contributed by atoms with van der Waals surface area (Å²) in [5, 5.41) is 17.5. The first-order valence-electron chi connectivity index (χ1n) is 8.32. The Balaban J connectivity index is 3.55. The number of unbranched alkanes of at least 4 members (excludes halogenated alkanes) is 6. The standard InChI is InChI=1S/C18H30O4/c1-2-3-4-5-6-7-8-9-10-11-12-13-14-16(18(21)22)15-17(19)20/h3-4,12-13,16H,2,5-11,14-15H2,1H3,(H,19,20)(H,21,22)/b4-3+,13-12+. The van der Waals surface area contributed by atoms with Crippen molar-refractivity contribution in [3.05, 3.63) is 24.3 Å². The molecule has 0 amide bonds. The number of allylic oxidation sites excluding steroid dienone is 4. The summed E-state index contributed by atoms with van der Waals surface area (Å²) in [5.74, 6) is -2.91.